The first-order valence-electron chi connectivity index (χ1n) is 5.20. The summed E-state index contributed by atoms with van der Waals surface area (Å²) in [4.78, 5) is 0. The van der Waals surface area contributed by atoms with Crippen molar-refractivity contribution in [2.45, 2.75) is 25.7 Å². The topological polar surface area (TPSA) is 54.4 Å². The van der Waals surface area contributed by atoms with Crippen LogP contribution in [0.4, 0.5) is 0 Å². The van der Waals surface area contributed by atoms with E-state index in [2.05, 4.69) is 7.05 Å². The first kappa shape index (κ1) is 11.9. The number of likely N-dealkylation sites (tertiary alicyclic amines) is 1. The Hall–Kier alpha value is -0.130. The third-order valence-electron chi connectivity index (χ3n) is 3.00. The lowest BCUT2D eigenvalue weighted by molar-refractivity contribution is -0.914. The van der Waals surface area contributed by atoms with Crippen LogP contribution in [0, 0.1) is 0 Å². The molecule has 0 saturated carbocycles. The molecule has 0 radical (unpaired) electrons. The van der Waals surface area contributed by atoms with E-state index in [0.29, 0.717) is 6.42 Å². The second-order valence-electron chi connectivity index (χ2n) is 4.49. The molecule has 0 amide bonds. The van der Waals surface area contributed by atoms with Crippen molar-refractivity contribution in [3.8, 4) is 0 Å². The van der Waals surface area contributed by atoms with Gasteiger partial charge in [0.05, 0.1) is 32.4 Å². The average molecular weight is 222 g/mol. The SMILES string of the molecule is C[N+]1(CCCS(=O)(=O)O)CCCCC1. The van der Waals surface area contributed by atoms with Gasteiger partial charge in [-0.2, -0.15) is 8.42 Å². The van der Waals surface area contributed by atoms with E-state index in [1.165, 1.54) is 19.3 Å². The van der Waals surface area contributed by atoms with Crippen LogP contribution in [0.2, 0.25) is 0 Å². The van der Waals surface area contributed by atoms with Gasteiger partial charge in [0.15, 0.2) is 0 Å². The van der Waals surface area contributed by atoms with Crippen molar-refractivity contribution >= 4 is 10.1 Å². The lowest BCUT2D eigenvalue weighted by Crippen LogP contribution is -2.48. The van der Waals surface area contributed by atoms with E-state index in [4.69, 9.17) is 4.55 Å². The zero-order valence-corrected chi connectivity index (χ0v) is 9.59. The summed E-state index contributed by atoms with van der Waals surface area (Å²) in [6.45, 7) is 3.15. The number of hydrogen-bond acceptors (Lipinski definition) is 2. The molecule has 1 aliphatic heterocycles. The van der Waals surface area contributed by atoms with Gasteiger partial charge >= 0.3 is 0 Å². The van der Waals surface area contributed by atoms with Gasteiger partial charge in [-0.1, -0.05) is 0 Å². The first-order chi connectivity index (χ1) is 6.41. The molecule has 0 aliphatic carbocycles. The maximum Gasteiger partial charge on any atom is 0.265 e. The van der Waals surface area contributed by atoms with Gasteiger partial charge in [0.25, 0.3) is 10.1 Å². The Balaban J connectivity index is 2.29. The van der Waals surface area contributed by atoms with Crippen LogP contribution in [0.1, 0.15) is 25.7 Å². The van der Waals surface area contributed by atoms with Crippen LogP contribution in [-0.4, -0.2) is 49.9 Å². The number of rotatable bonds is 4. The van der Waals surface area contributed by atoms with Crippen LogP contribution in [0.5, 0.6) is 0 Å². The Morgan fingerprint density at radius 2 is 1.79 bits per heavy atom. The summed E-state index contributed by atoms with van der Waals surface area (Å²) in [5.41, 5.74) is 0. The minimum Gasteiger partial charge on any atom is -0.326 e. The second-order valence-corrected chi connectivity index (χ2v) is 6.06. The highest BCUT2D eigenvalue weighted by Gasteiger charge is 2.24. The van der Waals surface area contributed by atoms with Crippen molar-refractivity contribution in [3.05, 3.63) is 0 Å². The summed E-state index contributed by atoms with van der Waals surface area (Å²) < 4.78 is 30.6. The molecule has 84 valence electrons. The molecule has 1 fully saturated rings. The van der Waals surface area contributed by atoms with Crippen LogP contribution in [0.3, 0.4) is 0 Å². The molecule has 1 rings (SSSR count). The van der Waals surface area contributed by atoms with Gasteiger partial charge in [-0.3, -0.25) is 4.55 Å². The highest BCUT2D eigenvalue weighted by Crippen LogP contribution is 2.16. The van der Waals surface area contributed by atoms with E-state index >= 15 is 0 Å². The average Bonchev–Trinajstić information content (AvgIpc) is 2.02. The number of hydrogen-bond donors (Lipinski definition) is 1. The van der Waals surface area contributed by atoms with Gasteiger partial charge in [0, 0.05) is 6.42 Å². The Morgan fingerprint density at radius 1 is 1.21 bits per heavy atom. The fourth-order valence-corrected chi connectivity index (χ4v) is 2.62. The predicted octanol–water partition coefficient (Wildman–Crippen LogP) is 0.895. The van der Waals surface area contributed by atoms with Crippen LogP contribution < -0.4 is 0 Å². The van der Waals surface area contributed by atoms with Gasteiger partial charge in [0.2, 0.25) is 0 Å². The smallest absolute Gasteiger partial charge is 0.265 e. The van der Waals surface area contributed by atoms with Crippen molar-refractivity contribution in [1.82, 2.24) is 0 Å². The molecule has 0 bridgehead atoms. The molecule has 0 aromatic heterocycles. The lowest BCUT2D eigenvalue weighted by atomic mass is 10.1. The Morgan fingerprint density at radius 3 is 2.29 bits per heavy atom. The van der Waals surface area contributed by atoms with Gasteiger partial charge in [0.1, 0.15) is 0 Å². The molecular formula is C9H20NO3S+. The Labute approximate surface area is 86.3 Å². The molecule has 1 N–H and O–H groups in total. The van der Waals surface area contributed by atoms with E-state index in [0.717, 1.165) is 24.1 Å². The molecule has 0 atom stereocenters. The molecule has 4 nitrogen and oxygen atoms in total. The van der Waals surface area contributed by atoms with Gasteiger partial charge in [-0.25, -0.2) is 0 Å². The largest absolute Gasteiger partial charge is 0.326 e. The highest BCUT2D eigenvalue weighted by atomic mass is 32.2. The molecular weight excluding hydrogens is 202 g/mol. The van der Waals surface area contributed by atoms with Crippen molar-refractivity contribution in [3.63, 3.8) is 0 Å². The quantitative estimate of drug-likeness (QED) is 0.568. The van der Waals surface area contributed by atoms with Gasteiger partial charge in [-0.15, -0.1) is 0 Å². The van der Waals surface area contributed by atoms with E-state index < -0.39 is 10.1 Å². The van der Waals surface area contributed by atoms with E-state index in [1.807, 2.05) is 0 Å². The molecule has 0 aromatic carbocycles. The summed E-state index contributed by atoms with van der Waals surface area (Å²) in [6, 6.07) is 0. The molecule has 0 spiro atoms. The van der Waals surface area contributed by atoms with Crippen LogP contribution in [0.25, 0.3) is 0 Å². The van der Waals surface area contributed by atoms with E-state index in [9.17, 15) is 8.42 Å². The third-order valence-corrected chi connectivity index (χ3v) is 3.80. The summed E-state index contributed by atoms with van der Waals surface area (Å²) in [7, 11) is -1.59. The molecule has 0 aromatic rings. The lowest BCUT2D eigenvalue weighted by Gasteiger charge is -2.37. The minimum atomic E-state index is -3.76. The number of quaternary nitrogens is 1. The molecule has 1 saturated heterocycles. The Bertz CT molecular complexity index is 268. The van der Waals surface area contributed by atoms with E-state index in [1.54, 1.807) is 0 Å². The monoisotopic (exact) mass is 222 g/mol. The van der Waals surface area contributed by atoms with E-state index in [-0.39, 0.29) is 5.75 Å². The number of nitrogens with zero attached hydrogens (tertiary/aromatic N) is 1. The molecule has 5 heteroatoms. The molecule has 1 aliphatic rings. The second kappa shape index (κ2) is 4.59. The highest BCUT2D eigenvalue weighted by molar-refractivity contribution is 7.85. The predicted molar refractivity (Wildman–Crippen MR) is 55.7 cm³/mol. The Kier molecular flexibility index (Phi) is 3.92. The molecule has 14 heavy (non-hydrogen) atoms. The van der Waals surface area contributed by atoms with Crippen molar-refractivity contribution in [1.29, 1.82) is 0 Å². The molecule has 0 unspecified atom stereocenters. The maximum absolute atomic E-state index is 10.5. The maximum atomic E-state index is 10.5. The van der Waals surface area contributed by atoms with Crippen LogP contribution >= 0.6 is 0 Å². The fourth-order valence-electron chi connectivity index (χ4n) is 2.13. The summed E-state index contributed by atoms with van der Waals surface area (Å²) in [5, 5.41) is 0. The first-order valence-corrected chi connectivity index (χ1v) is 6.81. The summed E-state index contributed by atoms with van der Waals surface area (Å²) in [5.74, 6) is -0.0964. The standard InChI is InChI=1S/C9H19NO3S/c1-10(6-3-2-4-7-10)8-5-9-14(11,12)13/h2-9H2,1H3/p+1. The summed E-state index contributed by atoms with van der Waals surface area (Å²) >= 11 is 0. The van der Waals surface area contributed by atoms with Crippen molar-refractivity contribution in [2.75, 3.05) is 32.4 Å². The summed E-state index contributed by atoms with van der Waals surface area (Å²) in [6.07, 6.45) is 4.34. The van der Waals surface area contributed by atoms with Crippen molar-refractivity contribution in [2.24, 2.45) is 0 Å². The van der Waals surface area contributed by atoms with Crippen LogP contribution in [-0.2, 0) is 10.1 Å². The van der Waals surface area contributed by atoms with Crippen molar-refractivity contribution < 1.29 is 17.5 Å². The van der Waals surface area contributed by atoms with Gasteiger partial charge in [-0.05, 0) is 19.3 Å². The zero-order chi connectivity index (χ0) is 10.7. The third kappa shape index (κ3) is 4.39. The minimum absolute atomic E-state index is 0.0964. The fraction of sp³-hybridized carbons (Fsp3) is 1.00. The zero-order valence-electron chi connectivity index (χ0n) is 8.78. The molecule has 1 heterocycles. The number of piperidine rings is 1. The van der Waals surface area contributed by atoms with Gasteiger partial charge < -0.3 is 4.48 Å². The normalized spacial score (nSPS) is 22.1. The van der Waals surface area contributed by atoms with Crippen LogP contribution in [0.15, 0.2) is 0 Å².